The summed E-state index contributed by atoms with van der Waals surface area (Å²) in [6.07, 6.45) is 3.82. The van der Waals surface area contributed by atoms with Gasteiger partial charge in [-0.2, -0.15) is 0 Å². The van der Waals surface area contributed by atoms with Crippen LogP contribution in [0.25, 0.3) is 0 Å². The van der Waals surface area contributed by atoms with Crippen LogP contribution in [0.4, 0.5) is 0 Å². The summed E-state index contributed by atoms with van der Waals surface area (Å²) in [5.41, 5.74) is 1.09. The molecule has 0 aromatic heterocycles. The molecule has 0 unspecified atom stereocenters. The molecule has 0 aliphatic carbocycles. The van der Waals surface area contributed by atoms with Crippen molar-refractivity contribution in [2.75, 3.05) is 12.4 Å². The molecule has 0 bridgehead atoms. The van der Waals surface area contributed by atoms with Gasteiger partial charge in [-0.05, 0) is 33.3 Å². The molecule has 1 rings (SSSR count). The van der Waals surface area contributed by atoms with Crippen LogP contribution in [0.3, 0.4) is 0 Å². The molecule has 0 amide bonds. The highest BCUT2D eigenvalue weighted by Gasteiger charge is 2.24. The Kier molecular flexibility index (Phi) is 6.46. The number of rotatable bonds is 6. The predicted molar refractivity (Wildman–Crippen MR) is 82.7 cm³/mol. The van der Waals surface area contributed by atoms with Gasteiger partial charge in [0.2, 0.25) is 0 Å². The molecule has 0 aliphatic heterocycles. The maximum Gasteiger partial charge on any atom is 0.0944 e. The highest BCUT2D eigenvalue weighted by atomic mass is 32.2. The summed E-state index contributed by atoms with van der Waals surface area (Å²) in [4.78, 5) is 0. The van der Waals surface area contributed by atoms with Crippen molar-refractivity contribution >= 4 is 10.8 Å². The van der Waals surface area contributed by atoms with Crippen molar-refractivity contribution in [3.63, 3.8) is 0 Å². The third-order valence-corrected chi connectivity index (χ3v) is 4.76. The van der Waals surface area contributed by atoms with E-state index in [4.69, 9.17) is 4.74 Å². The van der Waals surface area contributed by atoms with Crippen LogP contribution in [0.2, 0.25) is 0 Å². The van der Waals surface area contributed by atoms with E-state index in [1.807, 2.05) is 70.2 Å². The van der Waals surface area contributed by atoms with E-state index in [0.29, 0.717) is 12.4 Å². The van der Waals surface area contributed by atoms with Crippen molar-refractivity contribution in [1.29, 1.82) is 0 Å². The van der Waals surface area contributed by atoms with Crippen molar-refractivity contribution in [3.05, 3.63) is 48.0 Å². The van der Waals surface area contributed by atoms with E-state index in [0.717, 1.165) is 5.56 Å². The van der Waals surface area contributed by atoms with E-state index in [-0.39, 0.29) is 10.9 Å². The average molecular weight is 280 g/mol. The van der Waals surface area contributed by atoms with Gasteiger partial charge in [0, 0.05) is 15.5 Å². The zero-order valence-corrected chi connectivity index (χ0v) is 13.1. The van der Waals surface area contributed by atoms with E-state index in [9.17, 15) is 4.21 Å². The van der Waals surface area contributed by atoms with Gasteiger partial charge in [-0.15, -0.1) is 0 Å². The molecule has 2 nitrogen and oxygen atoms in total. The standard InChI is InChI=1S/C16H24O2S/c1-5-6-12-18-15(13-19(17)16(2,3)4)14-10-8-7-9-11-14/h5-11,15H,12-13H2,1-4H3/b6-5+/t15-,19-/m0/s1. The Balaban J connectivity index is 2.78. The lowest BCUT2D eigenvalue weighted by molar-refractivity contribution is 0.0912. The first-order valence-corrected chi connectivity index (χ1v) is 7.93. The third-order valence-electron chi connectivity index (χ3n) is 2.79. The lowest BCUT2D eigenvalue weighted by atomic mass is 10.1. The largest absolute Gasteiger partial charge is 0.369 e. The molecule has 3 heteroatoms. The van der Waals surface area contributed by atoms with Gasteiger partial charge in [-0.3, -0.25) is 4.21 Å². The monoisotopic (exact) mass is 280 g/mol. The Hall–Kier alpha value is -0.930. The molecule has 0 aliphatic rings. The van der Waals surface area contributed by atoms with E-state index in [1.165, 1.54) is 0 Å². The number of hydrogen-bond acceptors (Lipinski definition) is 2. The molecular formula is C16H24O2S. The van der Waals surface area contributed by atoms with Crippen LogP contribution in [0, 0.1) is 0 Å². The smallest absolute Gasteiger partial charge is 0.0944 e. The topological polar surface area (TPSA) is 26.3 Å². The van der Waals surface area contributed by atoms with Crippen molar-refractivity contribution < 1.29 is 8.95 Å². The van der Waals surface area contributed by atoms with Gasteiger partial charge in [0.15, 0.2) is 0 Å². The Bertz CT molecular complexity index is 418. The molecule has 0 N–H and O–H groups in total. The normalized spacial score (nSPS) is 15.6. The fourth-order valence-corrected chi connectivity index (χ4v) is 2.63. The molecule has 1 aromatic rings. The number of allylic oxidation sites excluding steroid dienone is 1. The quantitative estimate of drug-likeness (QED) is 0.739. The highest BCUT2D eigenvalue weighted by molar-refractivity contribution is 7.86. The molecule has 0 saturated heterocycles. The Morgan fingerprint density at radius 2 is 1.89 bits per heavy atom. The lowest BCUT2D eigenvalue weighted by Crippen LogP contribution is -2.27. The molecule has 19 heavy (non-hydrogen) atoms. The zero-order valence-electron chi connectivity index (χ0n) is 12.3. The Morgan fingerprint density at radius 1 is 1.26 bits per heavy atom. The van der Waals surface area contributed by atoms with Gasteiger partial charge in [0.1, 0.15) is 0 Å². The summed E-state index contributed by atoms with van der Waals surface area (Å²) in [6.45, 7) is 8.51. The average Bonchev–Trinajstić information content (AvgIpc) is 2.37. The maximum absolute atomic E-state index is 12.3. The van der Waals surface area contributed by atoms with E-state index >= 15 is 0 Å². The molecule has 1 aromatic carbocycles. The van der Waals surface area contributed by atoms with Crippen LogP contribution in [0.5, 0.6) is 0 Å². The lowest BCUT2D eigenvalue weighted by Gasteiger charge is -2.23. The van der Waals surface area contributed by atoms with Crippen LogP contribution >= 0.6 is 0 Å². The van der Waals surface area contributed by atoms with Crippen LogP contribution < -0.4 is 0 Å². The minimum absolute atomic E-state index is 0.113. The molecule has 0 radical (unpaired) electrons. The number of ether oxygens (including phenoxy) is 1. The minimum Gasteiger partial charge on any atom is -0.369 e. The molecule has 0 heterocycles. The first kappa shape index (κ1) is 16.1. The molecule has 0 fully saturated rings. The second kappa shape index (κ2) is 7.61. The summed E-state index contributed by atoms with van der Waals surface area (Å²) in [5, 5.41) is 0. The van der Waals surface area contributed by atoms with Crippen LogP contribution in [0.15, 0.2) is 42.5 Å². The Morgan fingerprint density at radius 3 is 2.42 bits per heavy atom. The molecule has 0 saturated carbocycles. The van der Waals surface area contributed by atoms with Crippen LogP contribution in [-0.4, -0.2) is 21.3 Å². The highest BCUT2D eigenvalue weighted by Crippen LogP contribution is 2.22. The van der Waals surface area contributed by atoms with Crippen molar-refractivity contribution in [3.8, 4) is 0 Å². The second-order valence-corrected chi connectivity index (χ2v) is 7.68. The summed E-state index contributed by atoms with van der Waals surface area (Å²) < 4.78 is 17.9. The summed E-state index contributed by atoms with van der Waals surface area (Å²) in [6, 6.07) is 10.0. The first-order chi connectivity index (χ1) is 8.95. The van der Waals surface area contributed by atoms with E-state index in [1.54, 1.807) is 0 Å². The van der Waals surface area contributed by atoms with Gasteiger partial charge >= 0.3 is 0 Å². The van der Waals surface area contributed by atoms with Crippen molar-refractivity contribution in [1.82, 2.24) is 0 Å². The number of benzene rings is 1. The molecular weight excluding hydrogens is 256 g/mol. The van der Waals surface area contributed by atoms with Crippen molar-refractivity contribution in [2.24, 2.45) is 0 Å². The van der Waals surface area contributed by atoms with E-state index in [2.05, 4.69) is 0 Å². The first-order valence-electron chi connectivity index (χ1n) is 6.61. The van der Waals surface area contributed by atoms with Gasteiger partial charge in [0.25, 0.3) is 0 Å². The van der Waals surface area contributed by atoms with Crippen LogP contribution in [-0.2, 0) is 15.5 Å². The molecule has 106 valence electrons. The Labute approximate surface area is 119 Å². The van der Waals surface area contributed by atoms with Crippen molar-refractivity contribution in [2.45, 2.75) is 38.5 Å². The number of hydrogen-bond donors (Lipinski definition) is 0. The maximum atomic E-state index is 12.3. The van der Waals surface area contributed by atoms with Gasteiger partial charge < -0.3 is 4.74 Å². The molecule has 2 atom stereocenters. The fourth-order valence-electron chi connectivity index (χ4n) is 1.56. The molecule has 0 spiro atoms. The van der Waals surface area contributed by atoms with Gasteiger partial charge in [-0.25, -0.2) is 0 Å². The summed E-state index contributed by atoms with van der Waals surface area (Å²) in [7, 11) is -0.922. The zero-order chi connectivity index (χ0) is 14.3. The minimum atomic E-state index is -0.922. The fraction of sp³-hybridized carbons (Fsp3) is 0.500. The third kappa shape index (κ3) is 5.70. The van der Waals surface area contributed by atoms with Gasteiger partial charge in [0.05, 0.1) is 18.5 Å². The van der Waals surface area contributed by atoms with Gasteiger partial charge in [-0.1, -0.05) is 42.5 Å². The van der Waals surface area contributed by atoms with Crippen LogP contribution in [0.1, 0.15) is 39.4 Å². The summed E-state index contributed by atoms with van der Waals surface area (Å²) in [5.74, 6) is 0.533. The van der Waals surface area contributed by atoms with E-state index < -0.39 is 10.8 Å². The SMILES string of the molecule is C/C=C/CO[C@@H](C[S@](=O)C(C)(C)C)c1ccccc1. The predicted octanol–water partition coefficient (Wildman–Crippen LogP) is 3.87. The second-order valence-electron chi connectivity index (χ2n) is 5.43. The summed E-state index contributed by atoms with van der Waals surface area (Å²) >= 11 is 0.